The molecule has 2 amide bonds. The van der Waals surface area contributed by atoms with Crippen LogP contribution in [0.5, 0.6) is 0 Å². The highest BCUT2D eigenvalue weighted by atomic mass is 35.5. The average molecular weight is 384 g/mol. The minimum absolute atomic E-state index is 0.226. The molecule has 140 valence electrons. The summed E-state index contributed by atoms with van der Waals surface area (Å²) in [6, 6.07) is 8.42. The van der Waals surface area contributed by atoms with Crippen LogP contribution >= 0.6 is 11.6 Å². The largest absolute Gasteiger partial charge is 0.352 e. The summed E-state index contributed by atoms with van der Waals surface area (Å²) in [7, 11) is 0. The number of pyridine rings is 1. The molecule has 0 atom stereocenters. The fourth-order valence-electron chi connectivity index (χ4n) is 3.03. The zero-order valence-corrected chi connectivity index (χ0v) is 15.8. The van der Waals surface area contributed by atoms with E-state index in [1.165, 1.54) is 30.8 Å². The van der Waals surface area contributed by atoms with E-state index in [0.717, 1.165) is 19.3 Å². The fraction of sp³-hybridized carbons (Fsp3) is 0.286. The second-order valence-electron chi connectivity index (χ2n) is 6.54. The van der Waals surface area contributed by atoms with Gasteiger partial charge in [-0.1, -0.05) is 29.3 Å². The standard InChI is InChI=1S/C21H22ClN3O2/c22-18-7-4-8-19(12-18)25-21(27)17-11-16(13-23-14-17)20(26)24-10-9-15-5-2-1-3-6-15/h4-5,7-8,11-14H,1-3,6,9-10H2,(H,24,26)(H,25,27). The lowest BCUT2D eigenvalue weighted by Gasteiger charge is -2.13. The number of nitrogens with one attached hydrogen (secondary N) is 2. The quantitative estimate of drug-likeness (QED) is 0.715. The molecule has 2 aromatic rings. The van der Waals surface area contributed by atoms with Gasteiger partial charge in [0.15, 0.2) is 0 Å². The van der Waals surface area contributed by atoms with Gasteiger partial charge >= 0.3 is 0 Å². The first kappa shape index (κ1) is 19.1. The van der Waals surface area contributed by atoms with Crippen molar-refractivity contribution in [1.82, 2.24) is 10.3 Å². The summed E-state index contributed by atoms with van der Waals surface area (Å²) >= 11 is 5.93. The van der Waals surface area contributed by atoms with Crippen LogP contribution in [-0.2, 0) is 0 Å². The van der Waals surface area contributed by atoms with Crippen LogP contribution < -0.4 is 10.6 Å². The van der Waals surface area contributed by atoms with E-state index < -0.39 is 0 Å². The molecule has 0 spiro atoms. The SMILES string of the molecule is O=C(NCCC1=CCCCC1)c1cncc(C(=O)Nc2cccc(Cl)c2)c1. The molecule has 0 saturated carbocycles. The van der Waals surface area contributed by atoms with E-state index in [-0.39, 0.29) is 11.8 Å². The van der Waals surface area contributed by atoms with Crippen molar-refractivity contribution in [2.45, 2.75) is 32.1 Å². The van der Waals surface area contributed by atoms with E-state index >= 15 is 0 Å². The van der Waals surface area contributed by atoms with E-state index in [1.807, 2.05) is 0 Å². The van der Waals surface area contributed by atoms with Gasteiger partial charge in [0.05, 0.1) is 11.1 Å². The Bertz CT molecular complexity index is 864. The van der Waals surface area contributed by atoms with Crippen molar-refractivity contribution in [2.75, 3.05) is 11.9 Å². The van der Waals surface area contributed by atoms with Gasteiger partial charge in [-0.15, -0.1) is 0 Å². The molecule has 0 saturated heterocycles. The second kappa shape index (κ2) is 9.33. The van der Waals surface area contributed by atoms with Gasteiger partial charge in [0, 0.05) is 29.6 Å². The van der Waals surface area contributed by atoms with Crippen molar-refractivity contribution in [3.05, 3.63) is 70.5 Å². The van der Waals surface area contributed by atoms with Crippen LogP contribution in [0.4, 0.5) is 5.69 Å². The van der Waals surface area contributed by atoms with Gasteiger partial charge in [-0.3, -0.25) is 14.6 Å². The van der Waals surface area contributed by atoms with Gasteiger partial charge < -0.3 is 10.6 Å². The summed E-state index contributed by atoms with van der Waals surface area (Å²) < 4.78 is 0. The fourth-order valence-corrected chi connectivity index (χ4v) is 3.22. The normalized spacial score (nSPS) is 13.6. The molecule has 0 radical (unpaired) electrons. The van der Waals surface area contributed by atoms with E-state index in [2.05, 4.69) is 21.7 Å². The number of anilines is 1. The zero-order valence-electron chi connectivity index (χ0n) is 15.0. The highest BCUT2D eigenvalue weighted by Crippen LogP contribution is 2.19. The number of hydrogen-bond acceptors (Lipinski definition) is 3. The van der Waals surface area contributed by atoms with Crippen LogP contribution in [0.15, 0.2) is 54.4 Å². The molecule has 1 aromatic carbocycles. The highest BCUT2D eigenvalue weighted by Gasteiger charge is 2.12. The number of halogens is 1. The second-order valence-corrected chi connectivity index (χ2v) is 6.98. The van der Waals surface area contributed by atoms with Gasteiger partial charge in [-0.05, 0) is 56.4 Å². The molecule has 1 aliphatic carbocycles. The lowest BCUT2D eigenvalue weighted by molar-refractivity contribution is 0.0953. The number of aromatic nitrogens is 1. The third kappa shape index (κ3) is 5.66. The third-order valence-corrected chi connectivity index (χ3v) is 4.70. The Morgan fingerprint density at radius 2 is 1.89 bits per heavy atom. The van der Waals surface area contributed by atoms with Crippen molar-refractivity contribution >= 4 is 29.1 Å². The Hall–Kier alpha value is -2.66. The Morgan fingerprint density at radius 1 is 1.07 bits per heavy atom. The number of amides is 2. The van der Waals surface area contributed by atoms with E-state index in [9.17, 15) is 9.59 Å². The number of hydrogen-bond donors (Lipinski definition) is 2. The highest BCUT2D eigenvalue weighted by molar-refractivity contribution is 6.31. The Morgan fingerprint density at radius 3 is 2.63 bits per heavy atom. The van der Waals surface area contributed by atoms with Gasteiger partial charge in [-0.2, -0.15) is 0 Å². The van der Waals surface area contributed by atoms with Crippen molar-refractivity contribution in [1.29, 1.82) is 0 Å². The minimum Gasteiger partial charge on any atom is -0.352 e. The molecule has 6 heteroatoms. The van der Waals surface area contributed by atoms with Crippen LogP contribution in [0, 0.1) is 0 Å². The number of carbonyl (C=O) groups is 2. The van der Waals surface area contributed by atoms with Gasteiger partial charge in [-0.25, -0.2) is 0 Å². The van der Waals surface area contributed by atoms with Crippen molar-refractivity contribution in [3.63, 3.8) is 0 Å². The Kier molecular flexibility index (Phi) is 6.60. The molecule has 1 heterocycles. The number of nitrogens with zero attached hydrogens (tertiary/aromatic N) is 1. The smallest absolute Gasteiger partial charge is 0.257 e. The predicted octanol–water partition coefficient (Wildman–Crippen LogP) is 4.61. The summed E-state index contributed by atoms with van der Waals surface area (Å²) in [5.74, 6) is -0.567. The molecular formula is C21H22ClN3O2. The summed E-state index contributed by atoms with van der Waals surface area (Å²) in [6.45, 7) is 0.587. The molecule has 3 rings (SSSR count). The summed E-state index contributed by atoms with van der Waals surface area (Å²) in [6.07, 6.45) is 10.8. The zero-order chi connectivity index (χ0) is 19.1. The molecule has 27 heavy (non-hydrogen) atoms. The lowest BCUT2D eigenvalue weighted by Crippen LogP contribution is -2.25. The number of benzene rings is 1. The molecular weight excluding hydrogens is 362 g/mol. The van der Waals surface area contributed by atoms with E-state index in [0.29, 0.717) is 28.4 Å². The topological polar surface area (TPSA) is 71.1 Å². The van der Waals surface area contributed by atoms with Crippen LogP contribution in [0.25, 0.3) is 0 Å². The molecule has 1 aromatic heterocycles. The van der Waals surface area contributed by atoms with Crippen LogP contribution in [0.1, 0.15) is 52.8 Å². The minimum atomic E-state index is -0.341. The monoisotopic (exact) mass is 383 g/mol. The first-order valence-electron chi connectivity index (χ1n) is 9.10. The number of allylic oxidation sites excluding steroid dienone is 1. The maximum atomic E-state index is 12.4. The molecule has 0 unspecified atom stereocenters. The van der Waals surface area contributed by atoms with E-state index in [1.54, 1.807) is 30.3 Å². The summed E-state index contributed by atoms with van der Waals surface area (Å²) in [5, 5.41) is 6.18. The first-order chi connectivity index (χ1) is 13.1. The van der Waals surface area contributed by atoms with Crippen molar-refractivity contribution in [3.8, 4) is 0 Å². The maximum absolute atomic E-state index is 12.4. The van der Waals surface area contributed by atoms with E-state index in [4.69, 9.17) is 11.6 Å². The molecule has 0 bridgehead atoms. The maximum Gasteiger partial charge on any atom is 0.257 e. The molecule has 2 N–H and O–H groups in total. The molecule has 0 fully saturated rings. The number of rotatable bonds is 6. The predicted molar refractivity (Wildman–Crippen MR) is 107 cm³/mol. The van der Waals surface area contributed by atoms with Crippen molar-refractivity contribution in [2.24, 2.45) is 0 Å². The Balaban J connectivity index is 1.58. The summed E-state index contributed by atoms with van der Waals surface area (Å²) in [4.78, 5) is 28.8. The summed E-state index contributed by atoms with van der Waals surface area (Å²) in [5.41, 5.74) is 2.68. The molecule has 1 aliphatic rings. The van der Waals surface area contributed by atoms with Gasteiger partial charge in [0.2, 0.25) is 0 Å². The van der Waals surface area contributed by atoms with Crippen LogP contribution in [0.2, 0.25) is 5.02 Å². The molecule has 0 aliphatic heterocycles. The van der Waals surface area contributed by atoms with Crippen LogP contribution in [0.3, 0.4) is 0 Å². The van der Waals surface area contributed by atoms with Crippen LogP contribution in [-0.4, -0.2) is 23.3 Å². The van der Waals surface area contributed by atoms with Crippen molar-refractivity contribution < 1.29 is 9.59 Å². The average Bonchev–Trinajstić information content (AvgIpc) is 2.69. The number of carbonyl (C=O) groups excluding carboxylic acids is 2. The molecule has 5 nitrogen and oxygen atoms in total. The van der Waals surface area contributed by atoms with Gasteiger partial charge in [0.25, 0.3) is 11.8 Å². The third-order valence-electron chi connectivity index (χ3n) is 4.46. The lowest BCUT2D eigenvalue weighted by atomic mass is 9.97. The Labute approximate surface area is 163 Å². The first-order valence-corrected chi connectivity index (χ1v) is 9.48. The van der Waals surface area contributed by atoms with Gasteiger partial charge in [0.1, 0.15) is 0 Å².